The lowest BCUT2D eigenvalue weighted by Gasteiger charge is -2.32. The molecule has 1 aliphatic rings. The third-order valence-electron chi connectivity index (χ3n) is 4.27. The quantitative estimate of drug-likeness (QED) is 0.736. The van der Waals surface area contributed by atoms with Crippen molar-refractivity contribution in [3.63, 3.8) is 0 Å². The van der Waals surface area contributed by atoms with Gasteiger partial charge in [0.1, 0.15) is 0 Å². The third-order valence-corrected chi connectivity index (χ3v) is 6.74. The minimum absolute atomic E-state index is 0.0333. The number of carboxylic acid groups (broad SMARTS) is 1. The van der Waals surface area contributed by atoms with Crippen LogP contribution >= 0.6 is 23.2 Å². The summed E-state index contributed by atoms with van der Waals surface area (Å²) in [5.74, 6) is -1.08. The largest absolute Gasteiger partial charge is 0.478 e. The van der Waals surface area contributed by atoms with Crippen LogP contribution in [-0.2, 0) is 10.0 Å². The molecule has 11 heteroatoms. The van der Waals surface area contributed by atoms with Gasteiger partial charge in [-0.3, -0.25) is 4.68 Å². The minimum Gasteiger partial charge on any atom is -0.478 e. The lowest BCUT2D eigenvalue weighted by Crippen LogP contribution is -2.40. The molecule has 8 nitrogen and oxygen atoms in total. The number of benzene rings is 1. The Morgan fingerprint density at radius 3 is 2.54 bits per heavy atom. The molecule has 0 aliphatic carbocycles. The van der Waals surface area contributed by atoms with E-state index in [1.54, 1.807) is 0 Å². The summed E-state index contributed by atoms with van der Waals surface area (Å²) in [7, 11) is -3.82. The Hall–Kier alpha value is -1.81. The summed E-state index contributed by atoms with van der Waals surface area (Å²) in [6.07, 6.45) is 3.95. The molecule has 3 rings (SSSR count). The Bertz CT molecular complexity index is 937. The van der Waals surface area contributed by atoms with Gasteiger partial charge >= 0.3 is 5.97 Å². The zero-order valence-corrected chi connectivity index (χ0v) is 15.8. The summed E-state index contributed by atoms with van der Waals surface area (Å²) in [6, 6.07) is 2.29. The van der Waals surface area contributed by atoms with Crippen LogP contribution in [0.5, 0.6) is 0 Å². The number of carbonyl (C=O) groups is 1. The molecule has 1 aliphatic heterocycles. The van der Waals surface area contributed by atoms with E-state index in [0.717, 1.165) is 0 Å². The predicted octanol–water partition coefficient (Wildman–Crippen LogP) is 2.50. The van der Waals surface area contributed by atoms with Crippen LogP contribution < -0.4 is 5.73 Å². The molecule has 1 fully saturated rings. The Morgan fingerprint density at radius 1 is 1.31 bits per heavy atom. The van der Waals surface area contributed by atoms with Crippen molar-refractivity contribution in [1.29, 1.82) is 0 Å². The molecule has 0 saturated carbocycles. The van der Waals surface area contributed by atoms with Gasteiger partial charge in [0, 0.05) is 19.3 Å². The molecule has 0 amide bonds. The van der Waals surface area contributed by atoms with Crippen LogP contribution in [0.4, 0.5) is 5.69 Å². The highest BCUT2D eigenvalue weighted by atomic mass is 35.5. The summed E-state index contributed by atoms with van der Waals surface area (Å²) in [5, 5.41) is 13.2. The Balaban J connectivity index is 1.87. The second-order valence-electron chi connectivity index (χ2n) is 5.97. The van der Waals surface area contributed by atoms with Crippen molar-refractivity contribution < 1.29 is 18.3 Å². The SMILES string of the molecule is Nc1c(Cl)cc(S(=O)(=O)N2CCC[C@@H](n3cc(C(=O)O)cn3)C2)cc1Cl. The van der Waals surface area contributed by atoms with Crippen molar-refractivity contribution in [1.82, 2.24) is 14.1 Å². The monoisotopic (exact) mass is 418 g/mol. The highest BCUT2D eigenvalue weighted by Gasteiger charge is 2.32. The van der Waals surface area contributed by atoms with E-state index in [0.29, 0.717) is 19.4 Å². The average Bonchev–Trinajstić information content (AvgIpc) is 3.09. The number of hydrogen-bond donors (Lipinski definition) is 2. The van der Waals surface area contributed by atoms with Gasteiger partial charge in [-0.2, -0.15) is 9.40 Å². The lowest BCUT2D eigenvalue weighted by atomic mass is 10.1. The first-order valence-corrected chi connectivity index (χ1v) is 9.92. The number of nitrogens with zero attached hydrogens (tertiary/aromatic N) is 3. The van der Waals surface area contributed by atoms with Crippen LogP contribution in [-0.4, -0.2) is 46.7 Å². The highest BCUT2D eigenvalue weighted by Crippen LogP contribution is 2.33. The number of nitrogens with two attached hydrogens (primary N) is 1. The molecule has 1 saturated heterocycles. The molecule has 140 valence electrons. The van der Waals surface area contributed by atoms with E-state index < -0.39 is 16.0 Å². The first-order chi connectivity index (χ1) is 12.2. The van der Waals surface area contributed by atoms with E-state index in [9.17, 15) is 13.2 Å². The third kappa shape index (κ3) is 3.52. The summed E-state index contributed by atoms with van der Waals surface area (Å²) in [6.45, 7) is 0.508. The number of aromatic carboxylic acids is 1. The zero-order chi connectivity index (χ0) is 19.1. The number of sulfonamides is 1. The molecule has 0 bridgehead atoms. The number of aromatic nitrogens is 2. The molecule has 2 aromatic rings. The van der Waals surface area contributed by atoms with Gasteiger partial charge in [-0.15, -0.1) is 0 Å². The van der Waals surface area contributed by atoms with Crippen molar-refractivity contribution in [3.8, 4) is 0 Å². The number of halogens is 2. The highest BCUT2D eigenvalue weighted by molar-refractivity contribution is 7.89. The van der Waals surface area contributed by atoms with Crippen molar-refractivity contribution in [3.05, 3.63) is 40.1 Å². The molecular weight excluding hydrogens is 403 g/mol. The maximum absolute atomic E-state index is 12.9. The van der Waals surface area contributed by atoms with Gasteiger partial charge in [-0.1, -0.05) is 23.2 Å². The van der Waals surface area contributed by atoms with Gasteiger partial charge < -0.3 is 10.8 Å². The van der Waals surface area contributed by atoms with Gasteiger partial charge in [-0.25, -0.2) is 13.2 Å². The van der Waals surface area contributed by atoms with E-state index in [4.69, 9.17) is 34.0 Å². The normalized spacial score (nSPS) is 18.8. The van der Waals surface area contributed by atoms with Crippen molar-refractivity contribution in [2.24, 2.45) is 0 Å². The van der Waals surface area contributed by atoms with Gasteiger partial charge in [-0.05, 0) is 25.0 Å². The number of piperidine rings is 1. The van der Waals surface area contributed by atoms with E-state index in [1.807, 2.05) is 0 Å². The maximum Gasteiger partial charge on any atom is 0.338 e. The molecule has 2 heterocycles. The smallest absolute Gasteiger partial charge is 0.338 e. The first-order valence-electron chi connectivity index (χ1n) is 7.72. The fourth-order valence-corrected chi connectivity index (χ4v) is 5.05. The molecule has 0 spiro atoms. The number of carboxylic acids is 1. The van der Waals surface area contributed by atoms with Gasteiger partial charge in [0.05, 0.1) is 38.4 Å². The van der Waals surface area contributed by atoms with E-state index in [1.165, 1.54) is 33.5 Å². The Morgan fingerprint density at radius 2 is 1.96 bits per heavy atom. The topological polar surface area (TPSA) is 119 Å². The number of rotatable bonds is 4. The number of hydrogen-bond acceptors (Lipinski definition) is 5. The van der Waals surface area contributed by atoms with Crippen LogP contribution in [0.1, 0.15) is 29.2 Å². The molecule has 1 aromatic carbocycles. The maximum atomic E-state index is 12.9. The zero-order valence-electron chi connectivity index (χ0n) is 13.5. The van der Waals surface area contributed by atoms with Crippen molar-refractivity contribution >= 4 is 44.9 Å². The van der Waals surface area contributed by atoms with Crippen LogP contribution in [0.3, 0.4) is 0 Å². The van der Waals surface area contributed by atoms with E-state index in [-0.39, 0.29) is 38.8 Å². The summed E-state index contributed by atoms with van der Waals surface area (Å²) >= 11 is 11.9. The van der Waals surface area contributed by atoms with Crippen molar-refractivity contribution in [2.45, 2.75) is 23.8 Å². The first kappa shape index (κ1) is 19.0. The fourth-order valence-electron chi connectivity index (χ4n) is 2.86. The summed E-state index contributed by atoms with van der Waals surface area (Å²) in [4.78, 5) is 11.0. The van der Waals surface area contributed by atoms with Crippen LogP contribution in [0, 0.1) is 0 Å². The van der Waals surface area contributed by atoms with Crippen LogP contribution in [0.2, 0.25) is 10.0 Å². The second-order valence-corrected chi connectivity index (χ2v) is 8.73. The summed E-state index contributed by atoms with van der Waals surface area (Å²) < 4.78 is 28.7. The van der Waals surface area contributed by atoms with Gasteiger partial charge in [0.25, 0.3) is 0 Å². The fraction of sp³-hybridized carbons (Fsp3) is 0.333. The molecule has 1 atom stereocenters. The Labute approximate surface area is 160 Å². The molecule has 26 heavy (non-hydrogen) atoms. The molecular formula is C15H16Cl2N4O4S. The predicted molar refractivity (Wildman–Crippen MR) is 97.1 cm³/mol. The minimum atomic E-state index is -3.82. The number of nitrogen functional groups attached to an aromatic ring is 1. The molecule has 3 N–H and O–H groups in total. The lowest BCUT2D eigenvalue weighted by molar-refractivity contribution is 0.0696. The standard InChI is InChI=1S/C15H16Cl2N4O4S/c16-12-4-11(5-13(17)14(12)18)26(24,25)20-3-1-2-10(8-20)21-7-9(6-19-21)15(22)23/h4-7,10H,1-3,8,18H2,(H,22,23)/t10-/m1/s1. The Kier molecular flexibility index (Phi) is 5.16. The molecule has 1 aromatic heterocycles. The second kappa shape index (κ2) is 7.07. The van der Waals surface area contributed by atoms with E-state index >= 15 is 0 Å². The summed E-state index contributed by atoms with van der Waals surface area (Å²) in [5.41, 5.74) is 5.85. The average molecular weight is 419 g/mol. The van der Waals surface area contributed by atoms with Crippen molar-refractivity contribution in [2.75, 3.05) is 18.8 Å². The van der Waals surface area contributed by atoms with Crippen LogP contribution in [0.25, 0.3) is 0 Å². The van der Waals surface area contributed by atoms with E-state index in [2.05, 4.69) is 5.10 Å². The molecule has 0 radical (unpaired) electrons. The number of anilines is 1. The van der Waals surface area contributed by atoms with Crippen LogP contribution in [0.15, 0.2) is 29.4 Å². The molecule has 0 unspecified atom stereocenters. The van der Waals surface area contributed by atoms with Gasteiger partial charge in [0.2, 0.25) is 10.0 Å². The van der Waals surface area contributed by atoms with Gasteiger partial charge in [0.15, 0.2) is 0 Å².